The third kappa shape index (κ3) is 4.20. The number of nitrogens with zero attached hydrogens (tertiary/aromatic N) is 1. The first kappa shape index (κ1) is 15.4. The highest BCUT2D eigenvalue weighted by molar-refractivity contribution is 9.10. The van der Waals surface area contributed by atoms with E-state index in [9.17, 15) is 14.4 Å². The van der Waals surface area contributed by atoms with Gasteiger partial charge in [-0.05, 0) is 28.9 Å². The van der Waals surface area contributed by atoms with Crippen LogP contribution in [-0.4, -0.2) is 29.6 Å². The maximum absolute atomic E-state index is 11.9. The van der Waals surface area contributed by atoms with Crippen molar-refractivity contribution in [1.82, 2.24) is 9.88 Å². The van der Waals surface area contributed by atoms with E-state index >= 15 is 0 Å². The van der Waals surface area contributed by atoms with Crippen LogP contribution in [0.3, 0.4) is 0 Å². The van der Waals surface area contributed by atoms with Crippen molar-refractivity contribution in [3.63, 3.8) is 0 Å². The first-order valence-corrected chi connectivity index (χ1v) is 6.36. The molecule has 0 aromatic carbocycles. The minimum Gasteiger partial charge on any atom is -0.467 e. The first-order chi connectivity index (χ1) is 8.85. The van der Waals surface area contributed by atoms with Crippen molar-refractivity contribution < 1.29 is 14.3 Å². The van der Waals surface area contributed by atoms with Gasteiger partial charge in [0, 0.05) is 23.2 Å². The number of rotatable bonds is 4. The topological polar surface area (TPSA) is 77.4 Å². The van der Waals surface area contributed by atoms with Crippen LogP contribution in [0.4, 0.5) is 0 Å². The fourth-order valence-electron chi connectivity index (χ4n) is 1.64. The van der Waals surface area contributed by atoms with Gasteiger partial charge >= 0.3 is 5.97 Å². The van der Waals surface area contributed by atoms with Crippen LogP contribution in [0.15, 0.2) is 21.5 Å². The van der Waals surface area contributed by atoms with Crippen LogP contribution in [-0.2, 0) is 20.9 Å². The number of aryl methyl sites for hydroxylation is 1. The molecule has 0 aliphatic heterocycles. The molecule has 104 valence electrons. The number of ether oxygens (including phenoxy) is 1. The van der Waals surface area contributed by atoms with Crippen LogP contribution in [0.1, 0.15) is 12.5 Å². The van der Waals surface area contributed by atoms with E-state index in [0.717, 1.165) is 4.47 Å². The Bertz CT molecular complexity index is 553. The number of hydrogen-bond acceptors (Lipinski definition) is 4. The van der Waals surface area contributed by atoms with Gasteiger partial charge in [0.05, 0.1) is 13.7 Å². The van der Waals surface area contributed by atoms with Crippen LogP contribution >= 0.6 is 15.9 Å². The fourth-order valence-corrected chi connectivity index (χ4v) is 2.23. The van der Waals surface area contributed by atoms with Gasteiger partial charge in [0.1, 0.15) is 6.04 Å². The molecular weight excluding hydrogens is 316 g/mol. The average Bonchev–Trinajstić information content (AvgIpc) is 2.32. The summed E-state index contributed by atoms with van der Waals surface area (Å²) in [7, 11) is 1.23. The second kappa shape index (κ2) is 6.51. The van der Waals surface area contributed by atoms with Crippen LogP contribution in [0.2, 0.25) is 0 Å². The van der Waals surface area contributed by atoms with E-state index < -0.39 is 12.0 Å². The normalized spacial score (nSPS) is 11.8. The van der Waals surface area contributed by atoms with Gasteiger partial charge in [-0.2, -0.15) is 0 Å². The van der Waals surface area contributed by atoms with Crippen molar-refractivity contribution in [1.29, 1.82) is 0 Å². The van der Waals surface area contributed by atoms with Crippen molar-refractivity contribution in [3.05, 3.63) is 32.7 Å². The molecule has 1 rings (SSSR count). The van der Waals surface area contributed by atoms with Gasteiger partial charge < -0.3 is 14.6 Å². The molecule has 1 aromatic rings. The highest BCUT2D eigenvalue weighted by Crippen LogP contribution is 2.08. The highest BCUT2D eigenvalue weighted by Gasteiger charge is 2.21. The van der Waals surface area contributed by atoms with Crippen molar-refractivity contribution in [2.75, 3.05) is 7.11 Å². The maximum Gasteiger partial charge on any atom is 0.330 e. The molecule has 0 fully saturated rings. The number of esters is 1. The summed E-state index contributed by atoms with van der Waals surface area (Å²) in [5.74, 6) is -0.963. The van der Waals surface area contributed by atoms with Gasteiger partial charge in [-0.15, -0.1) is 0 Å². The molecule has 0 aliphatic rings. The second-order valence-corrected chi connectivity index (χ2v) is 4.99. The maximum atomic E-state index is 11.9. The van der Waals surface area contributed by atoms with Crippen molar-refractivity contribution in [3.8, 4) is 0 Å². The molecule has 0 saturated heterocycles. The van der Waals surface area contributed by atoms with E-state index in [0.29, 0.717) is 5.56 Å². The number of nitrogens with one attached hydrogen (secondary N) is 1. The summed E-state index contributed by atoms with van der Waals surface area (Å²) in [4.78, 5) is 34.6. The summed E-state index contributed by atoms with van der Waals surface area (Å²) >= 11 is 3.28. The Morgan fingerprint density at radius 1 is 1.53 bits per heavy atom. The average molecular weight is 331 g/mol. The second-order valence-electron chi connectivity index (χ2n) is 4.08. The Hall–Kier alpha value is -1.63. The number of halogens is 1. The van der Waals surface area contributed by atoms with Crippen LogP contribution in [0, 0.1) is 6.92 Å². The van der Waals surface area contributed by atoms with Crippen LogP contribution in [0.25, 0.3) is 0 Å². The number of amides is 1. The molecule has 7 heteroatoms. The first-order valence-electron chi connectivity index (χ1n) is 5.56. The van der Waals surface area contributed by atoms with Gasteiger partial charge in [0.25, 0.3) is 5.56 Å². The number of aromatic nitrogens is 1. The lowest BCUT2D eigenvalue weighted by atomic mass is 10.2. The lowest BCUT2D eigenvalue weighted by Gasteiger charge is -2.17. The number of methoxy groups -OCH3 is 1. The molecule has 1 aromatic heterocycles. The van der Waals surface area contributed by atoms with Gasteiger partial charge in [0.15, 0.2) is 0 Å². The number of pyridine rings is 1. The third-order valence-electron chi connectivity index (χ3n) is 2.47. The molecule has 0 bridgehead atoms. The molecule has 0 saturated carbocycles. The predicted molar refractivity (Wildman–Crippen MR) is 72.8 cm³/mol. The van der Waals surface area contributed by atoms with Crippen molar-refractivity contribution in [2.24, 2.45) is 0 Å². The summed E-state index contributed by atoms with van der Waals surface area (Å²) in [5.41, 5.74) is 0.322. The smallest absolute Gasteiger partial charge is 0.330 e. The standard InChI is InChI=1S/C12H15BrN2O4/c1-7-4-9(13)5-15(11(7)17)6-10(12(18)19-3)14-8(2)16/h4-5,10H,6H2,1-3H3,(H,14,16). The molecule has 0 aliphatic carbocycles. The molecule has 1 atom stereocenters. The van der Waals surface area contributed by atoms with Crippen molar-refractivity contribution in [2.45, 2.75) is 26.4 Å². The Kier molecular flexibility index (Phi) is 5.29. The summed E-state index contributed by atoms with van der Waals surface area (Å²) < 4.78 is 6.68. The fraction of sp³-hybridized carbons (Fsp3) is 0.417. The lowest BCUT2D eigenvalue weighted by Crippen LogP contribution is -2.45. The molecule has 0 spiro atoms. The SMILES string of the molecule is COC(=O)C(Cn1cc(Br)cc(C)c1=O)NC(C)=O. The molecule has 1 amide bonds. The van der Waals surface area contributed by atoms with E-state index in [1.165, 1.54) is 18.6 Å². The number of carbonyl (C=O) groups is 2. The van der Waals surface area contributed by atoms with Gasteiger partial charge in [-0.3, -0.25) is 9.59 Å². The van der Waals surface area contributed by atoms with E-state index in [-0.39, 0.29) is 18.0 Å². The Morgan fingerprint density at radius 2 is 2.16 bits per heavy atom. The van der Waals surface area contributed by atoms with E-state index in [1.807, 2.05) is 0 Å². The van der Waals surface area contributed by atoms with E-state index in [2.05, 4.69) is 26.0 Å². The Morgan fingerprint density at radius 3 is 2.68 bits per heavy atom. The minimum absolute atomic E-state index is 0.0192. The van der Waals surface area contributed by atoms with Gasteiger partial charge in [0.2, 0.25) is 5.91 Å². The lowest BCUT2D eigenvalue weighted by molar-refractivity contribution is -0.145. The third-order valence-corrected chi connectivity index (χ3v) is 2.91. The molecule has 1 heterocycles. The largest absolute Gasteiger partial charge is 0.467 e. The highest BCUT2D eigenvalue weighted by atomic mass is 79.9. The predicted octanol–water partition coefficient (Wildman–Crippen LogP) is 0.597. The Balaban J connectivity index is 3.06. The zero-order valence-corrected chi connectivity index (χ0v) is 12.5. The summed E-state index contributed by atoms with van der Waals surface area (Å²) in [5, 5.41) is 2.46. The monoisotopic (exact) mass is 330 g/mol. The zero-order valence-electron chi connectivity index (χ0n) is 10.9. The molecule has 6 nitrogen and oxygen atoms in total. The van der Waals surface area contributed by atoms with Crippen LogP contribution < -0.4 is 10.9 Å². The minimum atomic E-state index is -0.895. The summed E-state index contributed by atoms with van der Waals surface area (Å²) in [6.07, 6.45) is 1.56. The summed E-state index contributed by atoms with van der Waals surface area (Å²) in [6, 6.07) is 0.790. The van der Waals surface area contributed by atoms with E-state index in [4.69, 9.17) is 0 Å². The van der Waals surface area contributed by atoms with Crippen LogP contribution in [0.5, 0.6) is 0 Å². The molecule has 1 unspecified atom stereocenters. The molecule has 19 heavy (non-hydrogen) atoms. The van der Waals surface area contributed by atoms with Crippen molar-refractivity contribution >= 4 is 27.8 Å². The molecular formula is C12H15BrN2O4. The van der Waals surface area contributed by atoms with E-state index in [1.54, 1.807) is 19.2 Å². The zero-order chi connectivity index (χ0) is 14.6. The molecule has 1 N–H and O–H groups in total. The summed E-state index contributed by atoms with van der Waals surface area (Å²) in [6.45, 7) is 2.99. The van der Waals surface area contributed by atoms with Gasteiger partial charge in [-0.1, -0.05) is 0 Å². The number of hydrogen-bond donors (Lipinski definition) is 1. The molecule has 0 radical (unpaired) electrons. The quantitative estimate of drug-likeness (QED) is 0.820. The van der Waals surface area contributed by atoms with Gasteiger partial charge in [-0.25, -0.2) is 4.79 Å². The Labute approximate surface area is 118 Å². The number of carbonyl (C=O) groups excluding carboxylic acids is 2.